The third kappa shape index (κ3) is 2.97. The molecule has 1 atom stereocenters. The third-order valence-corrected chi connectivity index (χ3v) is 3.56. The van der Waals surface area contributed by atoms with Crippen LogP contribution in [0.2, 0.25) is 0 Å². The van der Waals surface area contributed by atoms with Gasteiger partial charge in [-0.05, 0) is 31.4 Å². The van der Waals surface area contributed by atoms with Gasteiger partial charge in [0.25, 0.3) is 0 Å². The number of hydrogen-bond acceptors (Lipinski definition) is 4. The van der Waals surface area contributed by atoms with Crippen LogP contribution in [-0.4, -0.2) is 39.3 Å². The van der Waals surface area contributed by atoms with Gasteiger partial charge in [-0.3, -0.25) is 9.20 Å². The zero-order valence-corrected chi connectivity index (χ0v) is 11.7. The van der Waals surface area contributed by atoms with Crippen molar-refractivity contribution in [1.29, 1.82) is 0 Å². The van der Waals surface area contributed by atoms with Crippen LogP contribution in [0.25, 0.3) is 5.65 Å². The van der Waals surface area contributed by atoms with E-state index in [1.807, 2.05) is 6.07 Å². The first-order chi connectivity index (χ1) is 10.3. The molecular formula is C14H18N4O3. The Morgan fingerprint density at radius 3 is 3.14 bits per heavy atom. The highest BCUT2D eigenvalue weighted by Gasteiger charge is 2.22. The summed E-state index contributed by atoms with van der Waals surface area (Å²) >= 11 is 0. The minimum Gasteiger partial charge on any atom is -0.368 e. The average molecular weight is 290 g/mol. The van der Waals surface area contributed by atoms with Crippen molar-refractivity contribution in [3.63, 3.8) is 0 Å². The molecule has 1 amide bonds. The van der Waals surface area contributed by atoms with Crippen molar-refractivity contribution in [2.24, 2.45) is 0 Å². The zero-order valence-electron chi connectivity index (χ0n) is 11.7. The molecule has 1 aliphatic rings. The van der Waals surface area contributed by atoms with Gasteiger partial charge in [-0.2, -0.15) is 0 Å². The second kappa shape index (κ2) is 6.09. The molecular weight excluding hydrogens is 272 g/mol. The first kappa shape index (κ1) is 13.8. The molecule has 1 unspecified atom stereocenters. The monoisotopic (exact) mass is 290 g/mol. The minimum absolute atomic E-state index is 0.0603. The second-order valence-corrected chi connectivity index (χ2v) is 5.08. The SMILES string of the molecule is O=C(NCCCn1nc2ccccn2c1=O)C1CCCO1. The maximum atomic E-state index is 12.0. The van der Waals surface area contributed by atoms with E-state index in [1.165, 1.54) is 9.08 Å². The summed E-state index contributed by atoms with van der Waals surface area (Å²) in [4.78, 5) is 23.8. The quantitative estimate of drug-likeness (QED) is 0.797. The van der Waals surface area contributed by atoms with E-state index < -0.39 is 0 Å². The van der Waals surface area contributed by atoms with Crippen molar-refractivity contribution in [3.05, 3.63) is 34.9 Å². The van der Waals surface area contributed by atoms with E-state index in [-0.39, 0.29) is 17.7 Å². The summed E-state index contributed by atoms with van der Waals surface area (Å²) in [5.74, 6) is -0.0603. The predicted molar refractivity (Wildman–Crippen MR) is 76.1 cm³/mol. The summed E-state index contributed by atoms with van der Waals surface area (Å²) in [6, 6.07) is 5.42. The lowest BCUT2D eigenvalue weighted by Gasteiger charge is -2.09. The number of rotatable bonds is 5. The molecule has 1 N–H and O–H groups in total. The highest BCUT2D eigenvalue weighted by Crippen LogP contribution is 2.11. The van der Waals surface area contributed by atoms with E-state index in [4.69, 9.17) is 4.74 Å². The molecule has 1 fully saturated rings. The first-order valence-electron chi connectivity index (χ1n) is 7.19. The molecule has 1 aliphatic heterocycles. The highest BCUT2D eigenvalue weighted by molar-refractivity contribution is 5.80. The number of pyridine rings is 1. The molecule has 0 bridgehead atoms. The fourth-order valence-electron chi connectivity index (χ4n) is 2.45. The van der Waals surface area contributed by atoms with Crippen molar-refractivity contribution >= 4 is 11.6 Å². The van der Waals surface area contributed by atoms with Crippen LogP contribution in [0, 0.1) is 0 Å². The molecule has 0 radical (unpaired) electrons. The van der Waals surface area contributed by atoms with Gasteiger partial charge in [0.15, 0.2) is 5.65 Å². The van der Waals surface area contributed by atoms with E-state index >= 15 is 0 Å². The molecule has 3 heterocycles. The van der Waals surface area contributed by atoms with E-state index in [0.29, 0.717) is 31.8 Å². The predicted octanol–water partition coefficient (Wildman–Crippen LogP) is 0.181. The standard InChI is InChI=1S/C14H18N4O3/c19-13(11-5-3-10-21-11)15-7-4-9-18-14(20)17-8-2-1-6-12(17)16-18/h1-2,6,8,11H,3-5,7,9-10H2,(H,15,19). The van der Waals surface area contributed by atoms with E-state index in [0.717, 1.165) is 12.8 Å². The molecule has 21 heavy (non-hydrogen) atoms. The summed E-state index contributed by atoms with van der Waals surface area (Å²) in [7, 11) is 0. The number of nitrogens with one attached hydrogen (secondary N) is 1. The lowest BCUT2D eigenvalue weighted by Crippen LogP contribution is -2.35. The topological polar surface area (TPSA) is 77.6 Å². The van der Waals surface area contributed by atoms with Crippen molar-refractivity contribution in [1.82, 2.24) is 19.5 Å². The van der Waals surface area contributed by atoms with Gasteiger partial charge in [-0.15, -0.1) is 5.10 Å². The van der Waals surface area contributed by atoms with Crippen LogP contribution in [0.1, 0.15) is 19.3 Å². The number of fused-ring (bicyclic) bond motifs is 1. The van der Waals surface area contributed by atoms with E-state index in [9.17, 15) is 9.59 Å². The molecule has 0 spiro atoms. The largest absolute Gasteiger partial charge is 0.368 e. The Hall–Kier alpha value is -2.15. The maximum absolute atomic E-state index is 12.0. The van der Waals surface area contributed by atoms with E-state index in [1.54, 1.807) is 18.3 Å². The number of ether oxygens (including phenoxy) is 1. The van der Waals surface area contributed by atoms with Gasteiger partial charge in [-0.25, -0.2) is 9.48 Å². The lowest BCUT2D eigenvalue weighted by molar-refractivity contribution is -0.130. The normalized spacial score (nSPS) is 18.2. The summed E-state index contributed by atoms with van der Waals surface area (Å²) < 4.78 is 8.24. The summed E-state index contributed by atoms with van der Waals surface area (Å²) in [5.41, 5.74) is 0.474. The first-order valence-corrected chi connectivity index (χ1v) is 7.19. The number of carbonyl (C=O) groups excluding carboxylic acids is 1. The van der Waals surface area contributed by atoms with Crippen LogP contribution in [0.5, 0.6) is 0 Å². The van der Waals surface area contributed by atoms with Crippen LogP contribution in [0.15, 0.2) is 29.2 Å². The molecule has 7 nitrogen and oxygen atoms in total. The van der Waals surface area contributed by atoms with Crippen molar-refractivity contribution < 1.29 is 9.53 Å². The summed E-state index contributed by atoms with van der Waals surface area (Å²) in [6.45, 7) is 1.65. The third-order valence-electron chi connectivity index (χ3n) is 3.56. The molecule has 7 heteroatoms. The van der Waals surface area contributed by atoms with Crippen LogP contribution in [0.4, 0.5) is 0 Å². The number of amides is 1. The van der Waals surface area contributed by atoms with Crippen LogP contribution in [-0.2, 0) is 16.1 Å². The second-order valence-electron chi connectivity index (χ2n) is 5.08. The van der Waals surface area contributed by atoms with Crippen molar-refractivity contribution in [3.8, 4) is 0 Å². The minimum atomic E-state index is -0.303. The zero-order chi connectivity index (χ0) is 14.7. The Bertz CT molecular complexity index is 685. The molecule has 1 saturated heterocycles. The van der Waals surface area contributed by atoms with Gasteiger partial charge in [0.1, 0.15) is 6.10 Å². The summed E-state index contributed by atoms with van der Waals surface area (Å²) in [5, 5.41) is 7.07. The van der Waals surface area contributed by atoms with Crippen molar-refractivity contribution in [2.75, 3.05) is 13.2 Å². The van der Waals surface area contributed by atoms with Gasteiger partial charge in [0.05, 0.1) is 0 Å². The molecule has 3 rings (SSSR count). The van der Waals surface area contributed by atoms with Crippen molar-refractivity contribution in [2.45, 2.75) is 31.9 Å². The molecule has 112 valence electrons. The number of aryl methyl sites for hydroxylation is 1. The number of nitrogens with zero attached hydrogens (tertiary/aromatic N) is 3. The smallest absolute Gasteiger partial charge is 0.350 e. The number of hydrogen-bond donors (Lipinski definition) is 1. The Balaban J connectivity index is 1.51. The Kier molecular flexibility index (Phi) is 4.01. The molecule has 0 saturated carbocycles. The molecule has 0 aliphatic carbocycles. The van der Waals surface area contributed by atoms with Gasteiger partial charge >= 0.3 is 5.69 Å². The Morgan fingerprint density at radius 2 is 2.38 bits per heavy atom. The van der Waals surface area contributed by atoms with Crippen LogP contribution >= 0.6 is 0 Å². The van der Waals surface area contributed by atoms with Gasteiger partial charge in [0.2, 0.25) is 5.91 Å². The molecule has 0 aromatic carbocycles. The van der Waals surface area contributed by atoms with Gasteiger partial charge < -0.3 is 10.1 Å². The number of carbonyl (C=O) groups is 1. The Morgan fingerprint density at radius 1 is 1.48 bits per heavy atom. The van der Waals surface area contributed by atoms with E-state index in [2.05, 4.69) is 10.4 Å². The van der Waals surface area contributed by atoms with Crippen LogP contribution < -0.4 is 11.0 Å². The average Bonchev–Trinajstić information content (AvgIpc) is 3.13. The Labute approximate surface area is 121 Å². The molecule has 2 aromatic heterocycles. The number of aromatic nitrogens is 3. The van der Waals surface area contributed by atoms with Crippen LogP contribution in [0.3, 0.4) is 0 Å². The maximum Gasteiger partial charge on any atom is 0.350 e. The fourth-order valence-corrected chi connectivity index (χ4v) is 2.45. The van der Waals surface area contributed by atoms with Gasteiger partial charge in [-0.1, -0.05) is 6.07 Å². The van der Waals surface area contributed by atoms with Gasteiger partial charge in [0, 0.05) is 25.9 Å². The summed E-state index contributed by atoms with van der Waals surface area (Å²) in [6.07, 6.45) is 3.78. The fraction of sp³-hybridized carbons (Fsp3) is 0.500. The highest BCUT2D eigenvalue weighted by atomic mass is 16.5. The molecule has 2 aromatic rings. The lowest BCUT2D eigenvalue weighted by atomic mass is 10.2.